The minimum absolute atomic E-state index is 0.00336. The number of benzene rings is 1. The number of aliphatic hydroxyl groups is 4. The van der Waals surface area contributed by atoms with Crippen molar-refractivity contribution in [3.63, 3.8) is 0 Å². The molecule has 4 aliphatic carbocycles. The van der Waals surface area contributed by atoms with Crippen molar-refractivity contribution in [1.29, 1.82) is 0 Å². The van der Waals surface area contributed by atoms with Crippen LogP contribution in [0.3, 0.4) is 0 Å². The van der Waals surface area contributed by atoms with E-state index in [1.165, 1.54) is 7.11 Å². The van der Waals surface area contributed by atoms with Gasteiger partial charge in [0.05, 0.1) is 25.2 Å². The van der Waals surface area contributed by atoms with E-state index >= 15 is 0 Å². The van der Waals surface area contributed by atoms with Gasteiger partial charge in [-0.3, -0.25) is 0 Å². The normalized spacial score (nSPS) is 42.2. The van der Waals surface area contributed by atoms with Crippen LogP contribution in [0, 0.1) is 34.5 Å². The van der Waals surface area contributed by atoms with Crippen molar-refractivity contribution in [1.82, 2.24) is 0 Å². The third-order valence-corrected chi connectivity index (χ3v) is 9.87. The topological polar surface area (TPSA) is 142 Å². The van der Waals surface area contributed by atoms with E-state index in [0.29, 0.717) is 11.5 Å². The number of esters is 1. The van der Waals surface area contributed by atoms with Gasteiger partial charge in [0.1, 0.15) is 23.0 Å². The second-order valence-corrected chi connectivity index (χ2v) is 11.8. The smallest absolute Gasteiger partial charge is 0.344 e. The molecule has 8 nitrogen and oxygen atoms in total. The Balaban J connectivity index is 1.63. The summed E-state index contributed by atoms with van der Waals surface area (Å²) in [6.07, 6.45) is 0.392. The van der Waals surface area contributed by atoms with E-state index in [1.54, 1.807) is 37.3 Å². The van der Waals surface area contributed by atoms with Gasteiger partial charge in [-0.2, -0.15) is 0 Å². The van der Waals surface area contributed by atoms with E-state index in [2.05, 4.69) is 13.8 Å². The molecule has 9 atom stereocenters. The Morgan fingerprint density at radius 1 is 1.25 bits per heavy atom. The second-order valence-electron chi connectivity index (χ2n) is 11.8. The van der Waals surface area contributed by atoms with E-state index < -0.39 is 41.9 Å². The van der Waals surface area contributed by atoms with Crippen molar-refractivity contribution in [3.8, 4) is 5.75 Å². The average Bonchev–Trinajstić information content (AvgIpc) is 3.32. The number of carbonyl (C=O) groups excluding carboxylic acids is 1. The molecule has 6 N–H and O–H groups in total. The highest BCUT2D eigenvalue weighted by molar-refractivity contribution is 5.98. The van der Waals surface area contributed by atoms with Gasteiger partial charge in [0.2, 0.25) is 0 Å². The number of fused-ring (bicyclic) bond motifs is 3. The Morgan fingerprint density at radius 3 is 2.58 bits per heavy atom. The Morgan fingerprint density at radius 2 is 1.94 bits per heavy atom. The molecule has 0 saturated heterocycles. The van der Waals surface area contributed by atoms with Crippen LogP contribution in [0.15, 0.2) is 41.5 Å². The van der Waals surface area contributed by atoms with Gasteiger partial charge in [0.25, 0.3) is 0 Å². The molecule has 2 fully saturated rings. The fourth-order valence-corrected chi connectivity index (χ4v) is 8.01. The summed E-state index contributed by atoms with van der Waals surface area (Å²) in [5, 5.41) is 46.4. The first-order chi connectivity index (χ1) is 16.9. The second kappa shape index (κ2) is 8.05. The summed E-state index contributed by atoms with van der Waals surface area (Å²) >= 11 is 0. The van der Waals surface area contributed by atoms with Crippen molar-refractivity contribution < 1.29 is 34.7 Å². The average molecular weight is 500 g/mol. The van der Waals surface area contributed by atoms with Crippen LogP contribution in [-0.4, -0.2) is 64.0 Å². The van der Waals surface area contributed by atoms with E-state index in [9.17, 15) is 25.2 Å². The van der Waals surface area contributed by atoms with Gasteiger partial charge in [-0.05, 0) is 59.8 Å². The summed E-state index contributed by atoms with van der Waals surface area (Å²) in [5.41, 5.74) is 3.59. The van der Waals surface area contributed by atoms with Crippen LogP contribution in [0.5, 0.6) is 5.75 Å². The molecule has 0 aliphatic heterocycles. The molecule has 0 radical (unpaired) electrons. The standard InChI is InChI=1S/C28H37NO7/c1-13-11-27-14(2)9-17-21(26(17,3)4)16(23(27)32)10-15(12-30)22(31)28(27,34)24(13)36-25(33)20-18(29)7-6-8-19(20)35-5/h6-8,10-11,14,16-17,21-24,30-32,34H,9,12,29H2,1-5H3. The zero-order chi connectivity index (χ0) is 26.4. The molecule has 0 heterocycles. The third kappa shape index (κ3) is 2.99. The molecule has 2 saturated carbocycles. The summed E-state index contributed by atoms with van der Waals surface area (Å²) in [6, 6.07) is 4.79. The highest BCUT2D eigenvalue weighted by atomic mass is 16.6. The van der Waals surface area contributed by atoms with Gasteiger partial charge in [-0.1, -0.05) is 39.0 Å². The molecule has 1 spiro atoms. The van der Waals surface area contributed by atoms with Crippen LogP contribution >= 0.6 is 0 Å². The van der Waals surface area contributed by atoms with Gasteiger partial charge in [-0.15, -0.1) is 0 Å². The van der Waals surface area contributed by atoms with Crippen molar-refractivity contribution in [3.05, 3.63) is 47.1 Å². The number of hydrogen-bond acceptors (Lipinski definition) is 8. The fourth-order valence-electron chi connectivity index (χ4n) is 8.01. The first-order valence-electron chi connectivity index (χ1n) is 12.6. The van der Waals surface area contributed by atoms with Crippen molar-refractivity contribution in [2.75, 3.05) is 19.5 Å². The number of aliphatic hydroxyl groups excluding tert-OH is 3. The predicted molar refractivity (Wildman–Crippen MR) is 133 cm³/mol. The molecule has 9 unspecified atom stereocenters. The molecular formula is C28H37NO7. The minimum atomic E-state index is -2.10. The molecule has 196 valence electrons. The molecule has 2 bridgehead atoms. The fraction of sp³-hybridized carbons (Fsp3) is 0.607. The highest BCUT2D eigenvalue weighted by Crippen LogP contribution is 2.72. The van der Waals surface area contributed by atoms with Crippen LogP contribution in [0.4, 0.5) is 5.69 Å². The maximum Gasteiger partial charge on any atom is 0.344 e. The Kier molecular flexibility index (Phi) is 5.65. The number of nitrogen functional groups attached to an aromatic ring is 1. The Bertz CT molecular complexity index is 1160. The van der Waals surface area contributed by atoms with Crippen molar-refractivity contribution >= 4 is 11.7 Å². The summed E-state index contributed by atoms with van der Waals surface area (Å²) in [5.74, 6) is -0.726. The number of carbonyl (C=O) groups is 1. The number of hydrogen-bond donors (Lipinski definition) is 5. The monoisotopic (exact) mass is 499 g/mol. The first-order valence-corrected chi connectivity index (χ1v) is 12.6. The lowest BCUT2D eigenvalue weighted by atomic mass is 9.58. The molecule has 36 heavy (non-hydrogen) atoms. The molecule has 0 amide bonds. The summed E-state index contributed by atoms with van der Waals surface area (Å²) in [6.45, 7) is 7.57. The first kappa shape index (κ1) is 25.3. The number of rotatable bonds is 4. The lowest BCUT2D eigenvalue weighted by molar-refractivity contribution is -0.215. The van der Waals surface area contributed by atoms with Crippen LogP contribution in [0.25, 0.3) is 0 Å². The van der Waals surface area contributed by atoms with Crippen LogP contribution in [-0.2, 0) is 4.74 Å². The lowest BCUT2D eigenvalue weighted by Crippen LogP contribution is -2.66. The number of nitrogens with two attached hydrogens (primary N) is 1. The highest BCUT2D eigenvalue weighted by Gasteiger charge is 2.76. The molecule has 8 heteroatoms. The molecule has 1 aromatic carbocycles. The molecule has 0 aromatic heterocycles. The zero-order valence-electron chi connectivity index (χ0n) is 21.4. The number of methoxy groups -OCH3 is 1. The number of anilines is 1. The van der Waals surface area contributed by atoms with Crippen molar-refractivity contribution in [2.45, 2.75) is 58.0 Å². The van der Waals surface area contributed by atoms with Crippen LogP contribution in [0.2, 0.25) is 0 Å². The maximum atomic E-state index is 13.4. The number of ether oxygens (including phenoxy) is 2. The molecular weight excluding hydrogens is 462 g/mol. The molecule has 4 aliphatic rings. The van der Waals surface area contributed by atoms with E-state index in [-0.39, 0.29) is 45.7 Å². The Labute approximate surface area is 211 Å². The van der Waals surface area contributed by atoms with Gasteiger partial charge in [0.15, 0.2) is 6.10 Å². The van der Waals surface area contributed by atoms with Gasteiger partial charge in [0, 0.05) is 11.6 Å². The van der Waals surface area contributed by atoms with Crippen LogP contribution < -0.4 is 10.5 Å². The SMILES string of the molecule is COc1cccc(N)c1C(=O)OC1C(C)=CC23C(C)CC4C(C(C=C(CO)C(O)C12O)C3O)C4(C)C. The third-order valence-electron chi connectivity index (χ3n) is 9.87. The minimum Gasteiger partial charge on any atom is -0.496 e. The molecule has 5 rings (SSSR count). The summed E-state index contributed by atoms with van der Waals surface area (Å²) in [7, 11) is 1.42. The van der Waals surface area contributed by atoms with E-state index in [1.807, 2.05) is 6.92 Å². The van der Waals surface area contributed by atoms with Crippen LogP contribution in [0.1, 0.15) is 44.5 Å². The Hall–Kier alpha value is -2.39. The summed E-state index contributed by atoms with van der Waals surface area (Å²) < 4.78 is 11.2. The summed E-state index contributed by atoms with van der Waals surface area (Å²) in [4.78, 5) is 13.4. The van der Waals surface area contributed by atoms with Gasteiger partial charge in [-0.25, -0.2) is 4.79 Å². The largest absolute Gasteiger partial charge is 0.496 e. The molecule has 1 aromatic rings. The quantitative estimate of drug-likeness (QED) is 0.241. The zero-order valence-corrected chi connectivity index (χ0v) is 21.4. The predicted octanol–water partition coefficient (Wildman–Crippen LogP) is 2.06. The van der Waals surface area contributed by atoms with Gasteiger partial charge >= 0.3 is 5.97 Å². The lowest BCUT2D eigenvalue weighted by Gasteiger charge is -2.52. The van der Waals surface area contributed by atoms with E-state index in [0.717, 1.165) is 6.42 Å². The maximum absolute atomic E-state index is 13.4. The van der Waals surface area contributed by atoms with Crippen molar-refractivity contribution in [2.24, 2.45) is 34.5 Å². The van der Waals surface area contributed by atoms with E-state index in [4.69, 9.17) is 15.2 Å². The van der Waals surface area contributed by atoms with Gasteiger partial charge < -0.3 is 35.6 Å².